The molecule has 0 radical (unpaired) electrons. The Labute approximate surface area is 371 Å². The Bertz CT molecular complexity index is 3480. The molecule has 12 rings (SSSR count). The van der Waals surface area contributed by atoms with Crippen LogP contribution >= 0.6 is 0 Å². The summed E-state index contributed by atoms with van der Waals surface area (Å²) >= 11 is 0. The van der Waals surface area contributed by atoms with Gasteiger partial charge in [0, 0.05) is 61.4 Å². The lowest BCUT2D eigenvalue weighted by Gasteiger charge is -2.26. The lowest BCUT2D eigenvalue weighted by Crippen LogP contribution is -2.10. The van der Waals surface area contributed by atoms with Gasteiger partial charge >= 0.3 is 0 Å². The monoisotopic (exact) mass is 819 g/mol. The van der Waals surface area contributed by atoms with Gasteiger partial charge in [-0.1, -0.05) is 133 Å². The molecule has 64 heavy (non-hydrogen) atoms. The van der Waals surface area contributed by atoms with Crippen LogP contribution in [0.3, 0.4) is 0 Å². The van der Waals surface area contributed by atoms with Gasteiger partial charge in [0.25, 0.3) is 0 Å². The number of fused-ring (bicyclic) bond motifs is 6. The molecule has 0 saturated carbocycles. The topological polar surface area (TPSA) is 24.6 Å². The molecule has 12 aromatic rings. The highest BCUT2D eigenvalue weighted by Gasteiger charge is 2.17. The molecule has 0 aliphatic rings. The highest BCUT2D eigenvalue weighted by Crippen LogP contribution is 2.40. The van der Waals surface area contributed by atoms with Gasteiger partial charge in [-0.3, -0.25) is 0 Å². The van der Waals surface area contributed by atoms with E-state index in [-0.39, 0.29) is 0 Å². The van der Waals surface area contributed by atoms with Crippen molar-refractivity contribution in [1.29, 1.82) is 0 Å². The fourth-order valence-electron chi connectivity index (χ4n) is 9.31. The Morgan fingerprint density at radius 2 is 0.625 bits per heavy atom. The normalized spacial score (nSPS) is 11.4. The summed E-state index contributed by atoms with van der Waals surface area (Å²) in [6.45, 7) is 0. The molecule has 0 saturated heterocycles. The third-order valence-electron chi connectivity index (χ3n) is 12.4. The average molecular weight is 820 g/mol. The molecule has 0 fully saturated rings. The Hall–Kier alpha value is -8.60. The van der Waals surface area contributed by atoms with Crippen LogP contribution in [0.4, 0.5) is 34.1 Å². The van der Waals surface area contributed by atoms with Crippen molar-refractivity contribution in [3.05, 3.63) is 249 Å². The minimum Gasteiger partial charge on any atom is -0.456 e. The van der Waals surface area contributed by atoms with Gasteiger partial charge in [-0.15, -0.1) is 0 Å². The van der Waals surface area contributed by atoms with E-state index in [0.717, 1.165) is 84.0 Å². The van der Waals surface area contributed by atoms with Gasteiger partial charge in [0.15, 0.2) is 0 Å². The molecule has 0 unspecified atom stereocenters. The fourth-order valence-corrected chi connectivity index (χ4v) is 9.31. The molecule has 0 spiro atoms. The van der Waals surface area contributed by atoms with Gasteiger partial charge in [0.2, 0.25) is 0 Å². The largest absolute Gasteiger partial charge is 0.456 e. The first-order valence-electron chi connectivity index (χ1n) is 21.7. The molecular formula is C60H41N3O. The van der Waals surface area contributed by atoms with E-state index >= 15 is 0 Å². The zero-order valence-corrected chi connectivity index (χ0v) is 34.9. The Balaban J connectivity index is 0.902. The van der Waals surface area contributed by atoms with Crippen molar-refractivity contribution < 1.29 is 4.42 Å². The molecule has 10 aromatic carbocycles. The highest BCUT2D eigenvalue weighted by molar-refractivity contribution is 6.09. The number of para-hydroxylation sites is 5. The summed E-state index contributed by atoms with van der Waals surface area (Å²) in [7, 11) is 0. The number of furan rings is 1. The number of hydrogen-bond donors (Lipinski definition) is 0. The van der Waals surface area contributed by atoms with E-state index < -0.39 is 0 Å². The highest BCUT2D eigenvalue weighted by atomic mass is 16.3. The van der Waals surface area contributed by atoms with Crippen molar-refractivity contribution in [1.82, 2.24) is 4.57 Å². The van der Waals surface area contributed by atoms with E-state index in [1.54, 1.807) is 0 Å². The molecule has 0 amide bonds. The summed E-state index contributed by atoms with van der Waals surface area (Å²) in [6, 6.07) is 88.7. The summed E-state index contributed by atoms with van der Waals surface area (Å²) < 4.78 is 8.62. The Morgan fingerprint density at radius 3 is 1.12 bits per heavy atom. The van der Waals surface area contributed by atoms with E-state index in [1.165, 1.54) is 21.8 Å². The molecule has 0 N–H and O–H groups in total. The summed E-state index contributed by atoms with van der Waals surface area (Å²) in [4.78, 5) is 4.63. The van der Waals surface area contributed by atoms with Crippen molar-refractivity contribution in [3.8, 4) is 27.9 Å². The van der Waals surface area contributed by atoms with Crippen LogP contribution in [0.5, 0.6) is 0 Å². The number of rotatable bonds is 9. The minimum atomic E-state index is 0.896. The molecule has 4 heteroatoms. The first-order valence-corrected chi connectivity index (χ1v) is 21.7. The molecule has 2 aromatic heterocycles. The van der Waals surface area contributed by atoms with Crippen LogP contribution in [0.25, 0.3) is 71.7 Å². The van der Waals surface area contributed by atoms with Gasteiger partial charge in [-0.05, 0) is 138 Å². The number of anilines is 6. The minimum absolute atomic E-state index is 0.896. The van der Waals surface area contributed by atoms with Gasteiger partial charge in [0.1, 0.15) is 11.2 Å². The van der Waals surface area contributed by atoms with E-state index in [2.05, 4.69) is 251 Å². The molecule has 0 aliphatic heterocycles. The summed E-state index contributed by atoms with van der Waals surface area (Å²) in [5, 5.41) is 4.78. The van der Waals surface area contributed by atoms with Crippen LogP contribution in [0.1, 0.15) is 0 Å². The molecule has 0 aliphatic carbocycles. The van der Waals surface area contributed by atoms with Gasteiger partial charge < -0.3 is 18.8 Å². The number of nitrogens with zero attached hydrogens (tertiary/aromatic N) is 3. The van der Waals surface area contributed by atoms with Gasteiger partial charge in [0.05, 0.1) is 11.0 Å². The average Bonchev–Trinajstić information content (AvgIpc) is 3.91. The SMILES string of the molecule is c1ccc(N(c2ccccc2)c2ccc(-c3ccc(N(c4ccc(-c5ccc6c(c5)oc5ccccc56)cc4)c4ccc(-n5c6ccccc6c6ccccc65)cc4)cc3)cc2)cc1. The van der Waals surface area contributed by atoms with Crippen molar-refractivity contribution in [3.63, 3.8) is 0 Å². The second kappa shape index (κ2) is 15.7. The smallest absolute Gasteiger partial charge is 0.136 e. The first kappa shape index (κ1) is 37.2. The predicted molar refractivity (Wildman–Crippen MR) is 268 cm³/mol. The lowest BCUT2D eigenvalue weighted by atomic mass is 10.0. The standard InChI is InChI=1S/C60H41N3O/c1-3-13-46(14-4-1)61(47-15-5-2-6-16-47)48-30-23-42(24-31-48)43-25-32-49(33-26-43)62(50-34-27-44(28-35-50)45-29-40-56-55-19-9-12-22-59(55)64-60(56)41-45)51-36-38-52(39-37-51)63-57-20-10-7-17-53(57)54-18-8-11-21-58(54)63/h1-41H. The Morgan fingerprint density at radius 1 is 0.266 bits per heavy atom. The summed E-state index contributed by atoms with van der Waals surface area (Å²) in [5.74, 6) is 0. The van der Waals surface area contributed by atoms with Crippen molar-refractivity contribution in [2.24, 2.45) is 0 Å². The third kappa shape index (κ3) is 6.57. The van der Waals surface area contributed by atoms with Crippen molar-refractivity contribution >= 4 is 77.9 Å². The van der Waals surface area contributed by atoms with E-state index in [1.807, 2.05) is 12.1 Å². The van der Waals surface area contributed by atoms with Crippen LogP contribution in [0.15, 0.2) is 253 Å². The lowest BCUT2D eigenvalue weighted by molar-refractivity contribution is 0.669. The van der Waals surface area contributed by atoms with Crippen LogP contribution in [-0.2, 0) is 0 Å². The maximum absolute atomic E-state index is 6.26. The number of aromatic nitrogens is 1. The summed E-state index contributed by atoms with van der Waals surface area (Å²) in [6.07, 6.45) is 0. The molecular weight excluding hydrogens is 779 g/mol. The van der Waals surface area contributed by atoms with E-state index in [0.29, 0.717) is 0 Å². The molecule has 4 nitrogen and oxygen atoms in total. The Kier molecular flexibility index (Phi) is 9.12. The van der Waals surface area contributed by atoms with E-state index in [4.69, 9.17) is 4.42 Å². The number of benzene rings is 10. The third-order valence-corrected chi connectivity index (χ3v) is 12.4. The second-order valence-corrected chi connectivity index (χ2v) is 16.2. The zero-order chi connectivity index (χ0) is 42.4. The fraction of sp³-hybridized carbons (Fsp3) is 0. The predicted octanol–water partition coefficient (Wildman–Crippen LogP) is 17.0. The molecule has 2 heterocycles. The summed E-state index contributed by atoms with van der Waals surface area (Å²) in [5.41, 5.74) is 16.4. The van der Waals surface area contributed by atoms with Gasteiger partial charge in [-0.2, -0.15) is 0 Å². The van der Waals surface area contributed by atoms with Crippen LogP contribution < -0.4 is 9.80 Å². The molecule has 0 bridgehead atoms. The van der Waals surface area contributed by atoms with Crippen molar-refractivity contribution in [2.45, 2.75) is 0 Å². The van der Waals surface area contributed by atoms with Crippen LogP contribution in [-0.4, -0.2) is 4.57 Å². The molecule has 302 valence electrons. The number of hydrogen-bond acceptors (Lipinski definition) is 3. The van der Waals surface area contributed by atoms with Crippen molar-refractivity contribution in [2.75, 3.05) is 9.80 Å². The molecule has 0 atom stereocenters. The van der Waals surface area contributed by atoms with Crippen LogP contribution in [0, 0.1) is 0 Å². The maximum Gasteiger partial charge on any atom is 0.136 e. The first-order chi connectivity index (χ1) is 31.7. The van der Waals surface area contributed by atoms with Gasteiger partial charge in [-0.25, -0.2) is 0 Å². The quantitative estimate of drug-likeness (QED) is 0.145. The van der Waals surface area contributed by atoms with E-state index in [9.17, 15) is 0 Å². The second-order valence-electron chi connectivity index (χ2n) is 16.2. The maximum atomic E-state index is 6.26. The zero-order valence-electron chi connectivity index (χ0n) is 34.9. The van der Waals surface area contributed by atoms with Crippen LogP contribution in [0.2, 0.25) is 0 Å².